The summed E-state index contributed by atoms with van der Waals surface area (Å²) >= 11 is 7.51. The van der Waals surface area contributed by atoms with Gasteiger partial charge in [-0.2, -0.15) is 0 Å². The van der Waals surface area contributed by atoms with Crippen molar-refractivity contribution in [3.05, 3.63) is 28.6 Å². The van der Waals surface area contributed by atoms with Crippen LogP contribution in [0.1, 0.15) is 25.7 Å². The first-order chi connectivity index (χ1) is 11.0. The maximum atomic E-state index is 12.3. The Morgan fingerprint density at radius 1 is 1.43 bits per heavy atom. The van der Waals surface area contributed by atoms with E-state index in [-0.39, 0.29) is 5.91 Å². The quantitative estimate of drug-likeness (QED) is 0.880. The van der Waals surface area contributed by atoms with Gasteiger partial charge in [0.15, 0.2) is 5.13 Å². The van der Waals surface area contributed by atoms with Crippen molar-refractivity contribution in [1.29, 1.82) is 0 Å². The SMILES string of the molecule is COc1ccc(-c2csc(NC(=O)C3(N)CCCC3)n2)cc1Cl. The average molecular weight is 352 g/mol. The van der Waals surface area contributed by atoms with Crippen LogP contribution in [-0.2, 0) is 4.79 Å². The molecule has 3 rings (SSSR count). The van der Waals surface area contributed by atoms with Gasteiger partial charge in [0.2, 0.25) is 5.91 Å². The topological polar surface area (TPSA) is 77.2 Å². The first-order valence-electron chi connectivity index (χ1n) is 7.42. The van der Waals surface area contributed by atoms with Gasteiger partial charge >= 0.3 is 0 Å². The second-order valence-corrected chi connectivity index (χ2v) is 6.97. The van der Waals surface area contributed by atoms with Gasteiger partial charge < -0.3 is 15.8 Å². The highest BCUT2D eigenvalue weighted by Crippen LogP contribution is 2.33. The van der Waals surface area contributed by atoms with E-state index in [9.17, 15) is 4.79 Å². The minimum atomic E-state index is -0.755. The number of thiazole rings is 1. The number of hydrogen-bond acceptors (Lipinski definition) is 5. The van der Waals surface area contributed by atoms with Gasteiger partial charge in [0.05, 0.1) is 23.4 Å². The van der Waals surface area contributed by atoms with E-state index in [2.05, 4.69) is 10.3 Å². The van der Waals surface area contributed by atoms with Crippen LogP contribution in [0.3, 0.4) is 0 Å². The highest BCUT2D eigenvalue weighted by molar-refractivity contribution is 7.14. The smallest absolute Gasteiger partial charge is 0.246 e. The Morgan fingerprint density at radius 2 is 2.17 bits per heavy atom. The number of nitrogens with two attached hydrogens (primary N) is 1. The number of benzene rings is 1. The number of amides is 1. The number of rotatable bonds is 4. The summed E-state index contributed by atoms with van der Waals surface area (Å²) in [5, 5.41) is 5.79. The molecule has 7 heteroatoms. The minimum absolute atomic E-state index is 0.149. The van der Waals surface area contributed by atoms with Gasteiger partial charge in [-0.1, -0.05) is 24.4 Å². The van der Waals surface area contributed by atoms with E-state index in [1.54, 1.807) is 19.2 Å². The molecule has 1 saturated carbocycles. The molecule has 1 aliphatic carbocycles. The number of hydrogen-bond donors (Lipinski definition) is 2. The Hall–Kier alpha value is -1.63. The maximum absolute atomic E-state index is 12.3. The molecule has 2 aromatic rings. The van der Waals surface area contributed by atoms with E-state index < -0.39 is 5.54 Å². The number of nitrogens with zero attached hydrogens (tertiary/aromatic N) is 1. The summed E-state index contributed by atoms with van der Waals surface area (Å²) in [6.45, 7) is 0. The summed E-state index contributed by atoms with van der Waals surface area (Å²) in [6, 6.07) is 5.47. The zero-order chi connectivity index (χ0) is 16.4. The van der Waals surface area contributed by atoms with Crippen molar-refractivity contribution in [3.8, 4) is 17.0 Å². The largest absolute Gasteiger partial charge is 0.495 e. The highest BCUT2D eigenvalue weighted by atomic mass is 35.5. The first kappa shape index (κ1) is 16.2. The monoisotopic (exact) mass is 351 g/mol. The molecule has 0 radical (unpaired) electrons. The Bertz CT molecular complexity index is 726. The minimum Gasteiger partial charge on any atom is -0.495 e. The average Bonchev–Trinajstić information content (AvgIpc) is 3.17. The number of nitrogens with one attached hydrogen (secondary N) is 1. The van der Waals surface area contributed by atoms with Crippen LogP contribution in [0.25, 0.3) is 11.3 Å². The molecule has 0 aliphatic heterocycles. The molecular formula is C16H18ClN3O2S. The van der Waals surface area contributed by atoms with Crippen molar-refractivity contribution in [2.45, 2.75) is 31.2 Å². The lowest BCUT2D eigenvalue weighted by Gasteiger charge is -2.21. The van der Waals surface area contributed by atoms with Crippen molar-refractivity contribution in [2.24, 2.45) is 5.73 Å². The van der Waals surface area contributed by atoms with Crippen molar-refractivity contribution < 1.29 is 9.53 Å². The van der Waals surface area contributed by atoms with Gasteiger partial charge in [0, 0.05) is 10.9 Å². The van der Waals surface area contributed by atoms with Crippen LogP contribution in [0, 0.1) is 0 Å². The molecule has 0 unspecified atom stereocenters. The fourth-order valence-corrected chi connectivity index (χ4v) is 3.72. The van der Waals surface area contributed by atoms with E-state index in [1.165, 1.54) is 11.3 Å². The zero-order valence-electron chi connectivity index (χ0n) is 12.8. The number of carbonyl (C=O) groups excluding carboxylic acids is 1. The third-order valence-electron chi connectivity index (χ3n) is 4.12. The molecular weight excluding hydrogens is 334 g/mol. The van der Waals surface area contributed by atoms with E-state index in [4.69, 9.17) is 22.1 Å². The van der Waals surface area contributed by atoms with Crippen LogP contribution in [-0.4, -0.2) is 23.5 Å². The van der Waals surface area contributed by atoms with Gasteiger partial charge in [0.1, 0.15) is 5.75 Å². The molecule has 1 amide bonds. The predicted octanol–water partition coefficient (Wildman–Crippen LogP) is 3.68. The second kappa shape index (κ2) is 6.47. The van der Waals surface area contributed by atoms with E-state index >= 15 is 0 Å². The Morgan fingerprint density at radius 3 is 2.83 bits per heavy atom. The molecule has 5 nitrogen and oxygen atoms in total. The van der Waals surface area contributed by atoms with Crippen LogP contribution < -0.4 is 15.8 Å². The molecule has 0 spiro atoms. The van der Waals surface area contributed by atoms with Gasteiger partial charge in [0.25, 0.3) is 0 Å². The number of methoxy groups -OCH3 is 1. The molecule has 1 aromatic heterocycles. The fraction of sp³-hybridized carbons (Fsp3) is 0.375. The summed E-state index contributed by atoms with van der Waals surface area (Å²) in [5.41, 5.74) is 7.03. The summed E-state index contributed by atoms with van der Waals surface area (Å²) in [7, 11) is 1.57. The predicted molar refractivity (Wildman–Crippen MR) is 93.1 cm³/mol. The standard InChI is InChI=1S/C16H18ClN3O2S/c1-22-13-5-4-10(8-11(13)17)12-9-23-15(19-12)20-14(21)16(18)6-2-3-7-16/h4-5,8-9H,2-3,6-7,18H2,1H3,(H,19,20,21). The molecule has 23 heavy (non-hydrogen) atoms. The van der Waals surface area contributed by atoms with Crippen molar-refractivity contribution >= 4 is 34.0 Å². The maximum Gasteiger partial charge on any atom is 0.246 e. The summed E-state index contributed by atoms with van der Waals surface area (Å²) < 4.78 is 5.14. The van der Waals surface area contributed by atoms with E-state index in [0.29, 0.717) is 15.9 Å². The Kier molecular flexibility index (Phi) is 4.57. The van der Waals surface area contributed by atoms with Crippen LogP contribution in [0.2, 0.25) is 5.02 Å². The van der Waals surface area contributed by atoms with Crippen molar-refractivity contribution in [1.82, 2.24) is 4.98 Å². The Balaban J connectivity index is 1.75. The molecule has 3 N–H and O–H groups in total. The van der Waals surface area contributed by atoms with E-state index in [1.807, 2.05) is 11.4 Å². The summed E-state index contributed by atoms with van der Waals surface area (Å²) in [6.07, 6.45) is 3.45. The zero-order valence-corrected chi connectivity index (χ0v) is 14.3. The lowest BCUT2D eigenvalue weighted by atomic mass is 9.98. The molecule has 1 heterocycles. The Labute approximate surface area is 143 Å². The molecule has 1 aliphatic rings. The van der Waals surface area contributed by atoms with Gasteiger partial charge in [-0.25, -0.2) is 4.98 Å². The number of ether oxygens (including phenoxy) is 1. The summed E-state index contributed by atoms with van der Waals surface area (Å²) in [4.78, 5) is 16.8. The van der Waals surface area contributed by atoms with Crippen LogP contribution in [0.4, 0.5) is 5.13 Å². The van der Waals surface area contributed by atoms with Gasteiger partial charge in [-0.05, 0) is 31.0 Å². The van der Waals surface area contributed by atoms with Crippen LogP contribution in [0.15, 0.2) is 23.6 Å². The molecule has 0 saturated heterocycles. The lowest BCUT2D eigenvalue weighted by Crippen LogP contribution is -2.48. The summed E-state index contributed by atoms with van der Waals surface area (Å²) in [5.74, 6) is 0.467. The number of aromatic nitrogens is 1. The highest BCUT2D eigenvalue weighted by Gasteiger charge is 2.37. The molecule has 1 fully saturated rings. The molecule has 1 aromatic carbocycles. The lowest BCUT2D eigenvalue weighted by molar-refractivity contribution is -0.121. The number of anilines is 1. The van der Waals surface area contributed by atoms with Crippen molar-refractivity contribution in [3.63, 3.8) is 0 Å². The molecule has 0 bridgehead atoms. The van der Waals surface area contributed by atoms with Crippen LogP contribution in [0.5, 0.6) is 5.75 Å². The van der Waals surface area contributed by atoms with E-state index in [0.717, 1.165) is 36.9 Å². The third-order valence-corrected chi connectivity index (χ3v) is 5.17. The molecule has 0 atom stereocenters. The second-order valence-electron chi connectivity index (χ2n) is 5.70. The third kappa shape index (κ3) is 3.34. The fourth-order valence-electron chi connectivity index (χ4n) is 2.74. The normalized spacial score (nSPS) is 16.3. The first-order valence-corrected chi connectivity index (χ1v) is 8.67. The number of halogens is 1. The number of carbonyl (C=O) groups is 1. The van der Waals surface area contributed by atoms with Crippen molar-refractivity contribution in [2.75, 3.05) is 12.4 Å². The molecule has 122 valence electrons. The van der Waals surface area contributed by atoms with Gasteiger partial charge in [-0.3, -0.25) is 4.79 Å². The van der Waals surface area contributed by atoms with Gasteiger partial charge in [-0.15, -0.1) is 11.3 Å². The van der Waals surface area contributed by atoms with Crippen LogP contribution >= 0.6 is 22.9 Å².